The third kappa shape index (κ3) is 3.35. The van der Waals surface area contributed by atoms with Gasteiger partial charge in [-0.3, -0.25) is 4.79 Å². The van der Waals surface area contributed by atoms with Gasteiger partial charge in [-0.25, -0.2) is 0 Å². The smallest absolute Gasteiger partial charge is 0.309 e. The molecule has 0 saturated carbocycles. The fraction of sp³-hybridized carbons (Fsp3) is 0.632. The normalized spacial score (nSPS) is 31.9. The Morgan fingerprint density at radius 3 is 2.23 bits per heavy atom. The fourth-order valence-corrected chi connectivity index (χ4v) is 4.23. The van der Waals surface area contributed by atoms with Crippen LogP contribution in [0, 0.1) is 5.92 Å². The molecule has 3 nitrogen and oxygen atoms in total. The quantitative estimate of drug-likeness (QED) is 0.632. The summed E-state index contributed by atoms with van der Waals surface area (Å²) in [6, 6.07) is 10.9. The number of quaternary nitrogens is 1. The van der Waals surface area contributed by atoms with Crippen LogP contribution in [-0.4, -0.2) is 43.2 Å². The van der Waals surface area contributed by atoms with Crippen molar-refractivity contribution in [2.75, 3.05) is 32.8 Å². The first-order valence-electron chi connectivity index (χ1n) is 8.79. The number of hydrogen-bond acceptors (Lipinski definition) is 2. The van der Waals surface area contributed by atoms with E-state index >= 15 is 0 Å². The molecule has 1 spiro atoms. The molecule has 0 bridgehead atoms. The Kier molecular flexibility index (Phi) is 4.82. The molecule has 2 aliphatic heterocycles. The van der Waals surface area contributed by atoms with Gasteiger partial charge in [0.25, 0.3) is 0 Å². The van der Waals surface area contributed by atoms with Gasteiger partial charge >= 0.3 is 5.97 Å². The highest BCUT2D eigenvalue weighted by atomic mass is 16.5. The first-order chi connectivity index (χ1) is 10.7. The molecule has 22 heavy (non-hydrogen) atoms. The number of ether oxygens (including phenoxy) is 1. The van der Waals surface area contributed by atoms with Crippen molar-refractivity contribution >= 4 is 5.97 Å². The van der Waals surface area contributed by atoms with Crippen LogP contribution in [0.1, 0.15) is 44.1 Å². The molecular formula is C19H28NO2+. The predicted octanol–water partition coefficient (Wildman–Crippen LogP) is 3.35. The molecule has 1 aromatic rings. The summed E-state index contributed by atoms with van der Waals surface area (Å²) in [5.41, 5.74) is 1.50. The third-order valence-electron chi connectivity index (χ3n) is 5.70. The number of carbonyl (C=O) groups excluding carboxylic acids is 1. The minimum Gasteiger partial charge on any atom is -0.466 e. The lowest BCUT2D eigenvalue weighted by Crippen LogP contribution is -2.57. The van der Waals surface area contributed by atoms with E-state index in [0.29, 0.717) is 6.61 Å². The van der Waals surface area contributed by atoms with Gasteiger partial charge in [0.05, 0.1) is 38.7 Å². The van der Waals surface area contributed by atoms with Gasteiger partial charge in [-0.15, -0.1) is 0 Å². The summed E-state index contributed by atoms with van der Waals surface area (Å²) < 4.78 is 6.42. The molecular weight excluding hydrogens is 274 g/mol. The molecule has 0 radical (unpaired) electrons. The molecule has 2 fully saturated rings. The van der Waals surface area contributed by atoms with Gasteiger partial charge < -0.3 is 9.22 Å². The van der Waals surface area contributed by atoms with Crippen LogP contribution in [0.15, 0.2) is 30.3 Å². The molecule has 120 valence electrons. The van der Waals surface area contributed by atoms with Gasteiger partial charge in [-0.05, 0) is 18.4 Å². The zero-order chi connectivity index (χ0) is 15.4. The monoisotopic (exact) mass is 302 g/mol. The zero-order valence-electron chi connectivity index (χ0n) is 13.7. The number of piperidine rings is 2. The van der Waals surface area contributed by atoms with E-state index in [1.165, 1.54) is 36.0 Å². The number of carbonyl (C=O) groups is 1. The molecule has 0 aliphatic carbocycles. The van der Waals surface area contributed by atoms with Crippen molar-refractivity contribution in [1.82, 2.24) is 0 Å². The summed E-state index contributed by atoms with van der Waals surface area (Å²) in [4.78, 5) is 11.9. The Labute approximate surface area is 133 Å². The van der Waals surface area contributed by atoms with Gasteiger partial charge in [0, 0.05) is 25.7 Å². The molecule has 2 heterocycles. The average Bonchev–Trinajstić information content (AvgIpc) is 2.57. The highest BCUT2D eigenvalue weighted by Crippen LogP contribution is 2.35. The van der Waals surface area contributed by atoms with Gasteiger partial charge in [0.2, 0.25) is 0 Å². The summed E-state index contributed by atoms with van der Waals surface area (Å²) in [6.07, 6.45) is 4.59. The molecule has 3 rings (SSSR count). The summed E-state index contributed by atoms with van der Waals surface area (Å²) in [5.74, 6) is 0.905. The number of benzene rings is 1. The van der Waals surface area contributed by atoms with Gasteiger partial charge in [-0.1, -0.05) is 30.3 Å². The molecule has 0 amide bonds. The maximum atomic E-state index is 11.9. The molecule has 1 aromatic carbocycles. The Bertz CT molecular complexity index is 481. The second kappa shape index (κ2) is 6.82. The van der Waals surface area contributed by atoms with Crippen LogP contribution in [0.5, 0.6) is 0 Å². The predicted molar refractivity (Wildman–Crippen MR) is 87.5 cm³/mol. The number of rotatable bonds is 3. The van der Waals surface area contributed by atoms with Gasteiger partial charge in [0.15, 0.2) is 0 Å². The van der Waals surface area contributed by atoms with Crippen LogP contribution in [0.3, 0.4) is 0 Å². The molecule has 2 saturated heterocycles. The van der Waals surface area contributed by atoms with Crippen molar-refractivity contribution in [1.29, 1.82) is 0 Å². The maximum Gasteiger partial charge on any atom is 0.309 e. The Morgan fingerprint density at radius 2 is 1.64 bits per heavy atom. The first kappa shape index (κ1) is 15.5. The van der Waals surface area contributed by atoms with Crippen molar-refractivity contribution in [3.05, 3.63) is 35.9 Å². The summed E-state index contributed by atoms with van der Waals surface area (Å²) >= 11 is 0. The van der Waals surface area contributed by atoms with E-state index in [1.54, 1.807) is 0 Å². The average molecular weight is 302 g/mol. The molecule has 0 aromatic heterocycles. The van der Waals surface area contributed by atoms with Crippen molar-refractivity contribution in [3.8, 4) is 0 Å². The molecule has 2 aliphatic rings. The SMILES string of the molecule is CCOC(=O)C1CC[N+]2(CC1)CCC(c1ccccc1)CC2. The van der Waals surface area contributed by atoms with Crippen LogP contribution in [0.2, 0.25) is 0 Å². The zero-order valence-corrected chi connectivity index (χ0v) is 13.7. The molecule has 0 unspecified atom stereocenters. The van der Waals surface area contributed by atoms with Crippen molar-refractivity contribution in [2.45, 2.75) is 38.5 Å². The first-order valence-corrected chi connectivity index (χ1v) is 8.79. The highest BCUT2D eigenvalue weighted by molar-refractivity contribution is 5.72. The lowest BCUT2D eigenvalue weighted by molar-refractivity contribution is -0.937. The van der Waals surface area contributed by atoms with Gasteiger partial charge in [0.1, 0.15) is 0 Å². The van der Waals surface area contributed by atoms with E-state index in [0.717, 1.165) is 31.8 Å². The lowest BCUT2D eigenvalue weighted by atomic mass is 9.85. The van der Waals surface area contributed by atoms with E-state index in [2.05, 4.69) is 30.3 Å². The van der Waals surface area contributed by atoms with Crippen molar-refractivity contribution in [2.24, 2.45) is 5.92 Å². The van der Waals surface area contributed by atoms with E-state index in [9.17, 15) is 4.79 Å². The minimum atomic E-state index is 0.0273. The summed E-state index contributed by atoms with van der Waals surface area (Å²) in [7, 11) is 0. The Balaban J connectivity index is 1.53. The minimum absolute atomic E-state index is 0.0273. The standard InChI is InChI=1S/C19H28NO2/c1-2-22-19(21)18-10-14-20(15-11-18)12-8-17(9-13-20)16-6-4-3-5-7-16/h3-7,17-18H,2,8-15H2,1H3/q+1. The fourth-order valence-electron chi connectivity index (χ4n) is 4.23. The molecule has 3 heteroatoms. The van der Waals surface area contributed by atoms with Crippen molar-refractivity contribution < 1.29 is 14.0 Å². The van der Waals surface area contributed by atoms with Crippen LogP contribution in [-0.2, 0) is 9.53 Å². The van der Waals surface area contributed by atoms with Crippen LogP contribution >= 0.6 is 0 Å². The Morgan fingerprint density at radius 1 is 1.05 bits per heavy atom. The van der Waals surface area contributed by atoms with E-state index in [-0.39, 0.29) is 11.9 Å². The second-order valence-corrected chi connectivity index (χ2v) is 6.95. The largest absolute Gasteiger partial charge is 0.466 e. The van der Waals surface area contributed by atoms with E-state index in [4.69, 9.17) is 4.74 Å². The number of esters is 1. The maximum absolute atomic E-state index is 11.9. The Hall–Kier alpha value is -1.35. The number of hydrogen-bond donors (Lipinski definition) is 0. The highest BCUT2D eigenvalue weighted by Gasteiger charge is 2.40. The van der Waals surface area contributed by atoms with Crippen molar-refractivity contribution in [3.63, 3.8) is 0 Å². The molecule has 0 atom stereocenters. The number of nitrogens with zero attached hydrogens (tertiary/aromatic N) is 1. The van der Waals surface area contributed by atoms with Gasteiger partial charge in [-0.2, -0.15) is 0 Å². The van der Waals surface area contributed by atoms with Crippen LogP contribution in [0.4, 0.5) is 0 Å². The van der Waals surface area contributed by atoms with E-state index < -0.39 is 0 Å². The third-order valence-corrected chi connectivity index (χ3v) is 5.70. The van der Waals surface area contributed by atoms with Crippen LogP contribution in [0.25, 0.3) is 0 Å². The summed E-state index contributed by atoms with van der Waals surface area (Å²) in [5, 5.41) is 0. The topological polar surface area (TPSA) is 26.3 Å². The lowest BCUT2D eigenvalue weighted by Gasteiger charge is -2.47. The molecule has 0 N–H and O–H groups in total. The second-order valence-electron chi connectivity index (χ2n) is 6.95. The van der Waals surface area contributed by atoms with E-state index in [1.807, 2.05) is 6.92 Å². The van der Waals surface area contributed by atoms with Crippen LogP contribution < -0.4 is 0 Å². The summed E-state index contributed by atoms with van der Waals surface area (Å²) in [6.45, 7) is 7.26.